The topological polar surface area (TPSA) is 38.9 Å². The lowest BCUT2D eigenvalue weighted by Gasteiger charge is -1.67. The molecule has 0 aromatic carbocycles. The predicted molar refractivity (Wildman–Crippen MR) is 43.4 cm³/mol. The lowest BCUT2D eigenvalue weighted by atomic mass is 10.8. The van der Waals surface area contributed by atoms with Crippen LogP contribution in [0.2, 0.25) is 0 Å². The van der Waals surface area contributed by atoms with Gasteiger partial charge in [0, 0.05) is 18.5 Å². The van der Waals surface area contributed by atoms with Gasteiger partial charge < -0.3 is 4.42 Å². The van der Waals surface area contributed by atoms with E-state index in [1.165, 1.54) is 0 Å². The van der Waals surface area contributed by atoms with Crippen molar-refractivity contribution < 1.29 is 4.42 Å². The van der Waals surface area contributed by atoms with Gasteiger partial charge in [0.1, 0.15) is 6.26 Å². The van der Waals surface area contributed by atoms with E-state index in [0.717, 1.165) is 5.89 Å². The van der Waals surface area contributed by atoms with E-state index in [0.29, 0.717) is 0 Å². The van der Waals surface area contributed by atoms with Crippen LogP contribution in [0.4, 0.5) is 0 Å². The third-order valence-electron chi connectivity index (χ3n) is 0.903. The van der Waals surface area contributed by atoms with Crippen LogP contribution >= 0.6 is 11.3 Å². The van der Waals surface area contributed by atoms with Gasteiger partial charge in [0.05, 0.1) is 11.7 Å². The van der Waals surface area contributed by atoms with E-state index in [1.54, 1.807) is 42.4 Å². The molecule has 0 spiro atoms. The van der Waals surface area contributed by atoms with Gasteiger partial charge in [-0.05, 0) is 0 Å². The summed E-state index contributed by atoms with van der Waals surface area (Å²) in [6.07, 6.45) is 4.94. The van der Waals surface area contributed by atoms with E-state index in [9.17, 15) is 0 Å². The second-order valence-corrected chi connectivity index (χ2v) is 2.48. The lowest BCUT2D eigenvalue weighted by Crippen LogP contribution is -1.59. The molecule has 0 saturated carbocycles. The Hall–Kier alpha value is -1.16. The van der Waals surface area contributed by atoms with Gasteiger partial charge >= 0.3 is 0 Å². The Morgan fingerprint density at radius 3 is 2.55 bits per heavy atom. The first-order valence-corrected chi connectivity index (χ1v) is 4.02. The van der Waals surface area contributed by atoms with Gasteiger partial charge in [-0.25, -0.2) is 4.98 Å². The average Bonchev–Trinajstić information content (AvgIpc) is 2.57. The molecule has 0 radical (unpaired) electrons. The second-order valence-electron chi connectivity index (χ2n) is 1.73. The maximum atomic E-state index is 4.72. The number of nitrogens with zero attached hydrogens (tertiary/aromatic N) is 2. The van der Waals surface area contributed by atoms with Crippen molar-refractivity contribution in [1.82, 2.24) is 9.97 Å². The Bertz CT molecular complexity index is 235. The van der Waals surface area contributed by atoms with Crippen LogP contribution in [0, 0.1) is 6.92 Å². The number of aryl methyl sites for hydroxylation is 1. The number of hydrogen-bond donors (Lipinski definition) is 0. The molecule has 2 aromatic rings. The molecule has 0 aliphatic heterocycles. The molecule has 0 atom stereocenters. The van der Waals surface area contributed by atoms with E-state index in [-0.39, 0.29) is 0 Å². The summed E-state index contributed by atoms with van der Waals surface area (Å²) in [5.74, 6) is 0.718. The fourth-order valence-electron chi connectivity index (χ4n) is 0.470. The van der Waals surface area contributed by atoms with Gasteiger partial charge in [-0.3, -0.25) is 4.98 Å². The molecule has 0 unspecified atom stereocenters. The smallest absolute Gasteiger partial charge is 0.190 e. The number of thiazole rings is 1. The van der Waals surface area contributed by atoms with Gasteiger partial charge in [0.2, 0.25) is 0 Å². The van der Waals surface area contributed by atoms with Crippen molar-refractivity contribution in [2.24, 2.45) is 0 Å². The monoisotopic (exact) mass is 168 g/mol. The van der Waals surface area contributed by atoms with Crippen molar-refractivity contribution in [2.75, 3.05) is 0 Å². The summed E-state index contributed by atoms with van der Waals surface area (Å²) in [4.78, 5) is 7.49. The van der Waals surface area contributed by atoms with Crippen LogP contribution in [0.3, 0.4) is 0 Å². The van der Waals surface area contributed by atoms with E-state index in [4.69, 9.17) is 4.42 Å². The molecule has 0 N–H and O–H groups in total. The van der Waals surface area contributed by atoms with Gasteiger partial charge in [0.25, 0.3) is 0 Å². The quantitative estimate of drug-likeness (QED) is 0.604. The summed E-state index contributed by atoms with van der Waals surface area (Å²) >= 11 is 1.60. The van der Waals surface area contributed by atoms with Gasteiger partial charge in [0.15, 0.2) is 5.89 Å². The van der Waals surface area contributed by atoms with Gasteiger partial charge in [-0.1, -0.05) is 0 Å². The van der Waals surface area contributed by atoms with Crippen molar-refractivity contribution in [2.45, 2.75) is 6.92 Å². The summed E-state index contributed by atoms with van der Waals surface area (Å²) in [5.41, 5.74) is 1.79. The minimum atomic E-state index is 0.718. The Balaban J connectivity index is 0.000000112. The van der Waals surface area contributed by atoms with E-state index < -0.39 is 0 Å². The molecule has 3 nitrogen and oxygen atoms in total. The fourth-order valence-corrected chi connectivity index (χ4v) is 0.822. The van der Waals surface area contributed by atoms with Gasteiger partial charge in [-0.2, -0.15) is 0 Å². The zero-order valence-electron chi connectivity index (χ0n) is 6.10. The van der Waals surface area contributed by atoms with Crippen LogP contribution in [0.5, 0.6) is 0 Å². The van der Waals surface area contributed by atoms with Gasteiger partial charge in [-0.15, -0.1) is 11.3 Å². The molecule has 0 saturated heterocycles. The van der Waals surface area contributed by atoms with E-state index in [2.05, 4.69) is 9.97 Å². The zero-order valence-corrected chi connectivity index (χ0v) is 6.91. The SMILES string of the molecule is Cc1ncco1.c1cscn1. The standard InChI is InChI=1S/C4H5NO.C3H3NS/c1-4-5-2-3-6-4;1-2-5-3-4-1/h2-3H,1H3;1-3H. The number of oxazole rings is 1. The first kappa shape index (κ1) is 7.94. The normalized spacial score (nSPS) is 8.45. The minimum absolute atomic E-state index is 0.718. The number of aromatic nitrogens is 2. The Morgan fingerprint density at radius 2 is 2.36 bits per heavy atom. The lowest BCUT2D eigenvalue weighted by molar-refractivity contribution is 0.521. The highest BCUT2D eigenvalue weighted by atomic mass is 32.1. The van der Waals surface area contributed by atoms with Crippen LogP contribution in [-0.4, -0.2) is 9.97 Å². The van der Waals surface area contributed by atoms with Crippen LogP contribution in [0.1, 0.15) is 5.89 Å². The Kier molecular flexibility index (Phi) is 3.34. The number of rotatable bonds is 0. The first-order chi connectivity index (χ1) is 5.39. The maximum Gasteiger partial charge on any atom is 0.190 e. The number of hydrogen-bond acceptors (Lipinski definition) is 4. The molecular weight excluding hydrogens is 160 g/mol. The van der Waals surface area contributed by atoms with Crippen LogP contribution < -0.4 is 0 Å². The van der Waals surface area contributed by atoms with Crippen LogP contribution in [0.25, 0.3) is 0 Å². The minimum Gasteiger partial charge on any atom is -0.449 e. The highest BCUT2D eigenvalue weighted by Crippen LogP contribution is 1.86. The molecule has 2 aromatic heterocycles. The highest BCUT2D eigenvalue weighted by molar-refractivity contribution is 7.07. The third kappa shape index (κ3) is 3.52. The summed E-state index contributed by atoms with van der Waals surface area (Å²) in [6, 6.07) is 0. The van der Waals surface area contributed by atoms with E-state index >= 15 is 0 Å². The second kappa shape index (κ2) is 4.62. The summed E-state index contributed by atoms with van der Waals surface area (Å²) in [7, 11) is 0. The molecule has 0 bridgehead atoms. The van der Waals surface area contributed by atoms with Crippen molar-refractivity contribution in [3.05, 3.63) is 35.4 Å². The summed E-state index contributed by atoms with van der Waals surface area (Å²) in [5, 5.41) is 1.93. The van der Waals surface area contributed by atoms with Crippen molar-refractivity contribution >= 4 is 11.3 Å². The molecule has 2 heterocycles. The van der Waals surface area contributed by atoms with Crippen molar-refractivity contribution in [3.63, 3.8) is 0 Å². The summed E-state index contributed by atoms with van der Waals surface area (Å²) < 4.78 is 4.72. The van der Waals surface area contributed by atoms with Crippen molar-refractivity contribution in [1.29, 1.82) is 0 Å². The first-order valence-electron chi connectivity index (χ1n) is 3.08. The molecule has 2 rings (SSSR count). The highest BCUT2D eigenvalue weighted by Gasteiger charge is 1.77. The van der Waals surface area contributed by atoms with E-state index in [1.807, 2.05) is 5.38 Å². The molecule has 4 heteroatoms. The molecule has 0 amide bonds. The largest absolute Gasteiger partial charge is 0.449 e. The predicted octanol–water partition coefficient (Wildman–Crippen LogP) is 2.13. The molecule has 11 heavy (non-hydrogen) atoms. The van der Waals surface area contributed by atoms with Crippen LogP contribution in [0.15, 0.2) is 34.0 Å². The van der Waals surface area contributed by atoms with Crippen LogP contribution in [-0.2, 0) is 0 Å². The molecule has 0 fully saturated rings. The maximum absolute atomic E-state index is 4.72. The molecule has 0 aliphatic rings. The fraction of sp³-hybridized carbons (Fsp3) is 0.143. The average molecular weight is 168 g/mol. The molecule has 58 valence electrons. The summed E-state index contributed by atoms with van der Waals surface area (Å²) in [6.45, 7) is 1.81. The Morgan fingerprint density at radius 1 is 1.45 bits per heavy atom. The molecule has 0 aliphatic carbocycles. The Labute approximate surface area is 68.7 Å². The van der Waals surface area contributed by atoms with Crippen molar-refractivity contribution in [3.8, 4) is 0 Å². The molecular formula is C7H8N2OS. The zero-order chi connectivity index (χ0) is 7.94. The third-order valence-corrected chi connectivity index (χ3v) is 1.43.